The van der Waals surface area contributed by atoms with Crippen molar-refractivity contribution >= 4 is 17.9 Å². The molecule has 1 fully saturated rings. The molecule has 1 aromatic carbocycles. The fourth-order valence-corrected chi connectivity index (χ4v) is 3.60. The van der Waals surface area contributed by atoms with E-state index in [4.69, 9.17) is 9.84 Å². The molecule has 0 aliphatic carbocycles. The molecule has 2 aromatic rings. The third-order valence-corrected chi connectivity index (χ3v) is 4.91. The zero-order valence-electron chi connectivity index (χ0n) is 17.7. The molecule has 32 heavy (non-hydrogen) atoms. The summed E-state index contributed by atoms with van der Waals surface area (Å²) in [5.74, 6) is -2.98. The molecule has 0 saturated carbocycles. The standard InChI is InChI=1S/C22H22F2N4O4/c1-22(2,3)32-21(31)27-18-11-28(10-16(18)15-7-14(23)4-5-17(15)24)19-12(8-25)6-13(9-26-19)20(29)30/h4-7,9,16,18H,10-11H2,1-3H3,(H,27,31)(H,29,30)/t16-,18+/m1/s1. The molecule has 0 bridgehead atoms. The van der Waals surface area contributed by atoms with Gasteiger partial charge in [0.1, 0.15) is 29.1 Å². The average Bonchev–Trinajstić information content (AvgIpc) is 3.10. The van der Waals surface area contributed by atoms with E-state index in [-0.39, 0.29) is 35.6 Å². The number of amides is 1. The number of halogens is 2. The Kier molecular flexibility index (Phi) is 6.30. The van der Waals surface area contributed by atoms with Gasteiger partial charge in [0.25, 0.3) is 0 Å². The van der Waals surface area contributed by atoms with Crippen LogP contribution in [0.1, 0.15) is 48.2 Å². The smallest absolute Gasteiger partial charge is 0.407 e. The maximum Gasteiger partial charge on any atom is 0.407 e. The second-order valence-electron chi connectivity index (χ2n) is 8.44. The minimum Gasteiger partial charge on any atom is -0.478 e. The largest absolute Gasteiger partial charge is 0.478 e. The number of aromatic carboxylic acids is 1. The maximum atomic E-state index is 14.6. The number of nitriles is 1. The molecule has 1 aliphatic rings. The van der Waals surface area contributed by atoms with E-state index in [2.05, 4.69) is 10.3 Å². The Labute approximate surface area is 183 Å². The van der Waals surface area contributed by atoms with Gasteiger partial charge in [-0.1, -0.05) is 0 Å². The zero-order valence-corrected chi connectivity index (χ0v) is 17.7. The monoisotopic (exact) mass is 444 g/mol. The Morgan fingerprint density at radius 1 is 1.28 bits per heavy atom. The van der Waals surface area contributed by atoms with Crippen molar-refractivity contribution in [1.29, 1.82) is 5.26 Å². The first kappa shape index (κ1) is 22.9. The second kappa shape index (κ2) is 8.78. The topological polar surface area (TPSA) is 116 Å². The molecule has 168 valence electrons. The number of carboxylic acids is 1. The quantitative estimate of drug-likeness (QED) is 0.742. The lowest BCUT2D eigenvalue weighted by Crippen LogP contribution is -2.43. The lowest BCUT2D eigenvalue weighted by atomic mass is 9.94. The highest BCUT2D eigenvalue weighted by Crippen LogP contribution is 2.34. The Hall–Kier alpha value is -3.74. The Morgan fingerprint density at radius 2 is 2.00 bits per heavy atom. The molecule has 10 heteroatoms. The van der Waals surface area contributed by atoms with Crippen molar-refractivity contribution in [3.8, 4) is 6.07 Å². The zero-order chi connectivity index (χ0) is 23.6. The fourth-order valence-electron chi connectivity index (χ4n) is 3.60. The highest BCUT2D eigenvalue weighted by atomic mass is 19.1. The van der Waals surface area contributed by atoms with Crippen LogP contribution < -0.4 is 10.2 Å². The molecule has 0 spiro atoms. The van der Waals surface area contributed by atoms with Gasteiger partial charge in [-0.3, -0.25) is 0 Å². The number of carbonyl (C=O) groups is 2. The number of pyridine rings is 1. The number of anilines is 1. The molecular formula is C22H22F2N4O4. The van der Waals surface area contributed by atoms with Gasteiger partial charge in [-0.05, 0) is 50.6 Å². The number of carbonyl (C=O) groups excluding carboxylic acids is 1. The lowest BCUT2D eigenvalue weighted by Gasteiger charge is -2.24. The van der Waals surface area contributed by atoms with Gasteiger partial charge in [-0.2, -0.15) is 5.26 Å². The first-order chi connectivity index (χ1) is 15.0. The Morgan fingerprint density at radius 3 is 2.62 bits per heavy atom. The van der Waals surface area contributed by atoms with Crippen molar-refractivity contribution in [3.63, 3.8) is 0 Å². The number of alkyl carbamates (subject to hydrolysis) is 1. The minimum absolute atomic E-state index is 0.0151. The van der Waals surface area contributed by atoms with Gasteiger partial charge in [-0.25, -0.2) is 23.4 Å². The molecule has 0 unspecified atom stereocenters. The lowest BCUT2D eigenvalue weighted by molar-refractivity contribution is 0.0504. The normalized spacial score (nSPS) is 18.2. The third kappa shape index (κ3) is 5.11. The molecule has 0 radical (unpaired) electrons. The van der Waals surface area contributed by atoms with Gasteiger partial charge < -0.3 is 20.1 Å². The molecule has 2 N–H and O–H groups in total. The van der Waals surface area contributed by atoms with Crippen LogP contribution in [0.2, 0.25) is 0 Å². The van der Waals surface area contributed by atoms with Gasteiger partial charge in [0, 0.05) is 25.2 Å². The van der Waals surface area contributed by atoms with Crippen molar-refractivity contribution in [2.24, 2.45) is 0 Å². The number of benzene rings is 1. The summed E-state index contributed by atoms with van der Waals surface area (Å²) < 4.78 is 33.7. The van der Waals surface area contributed by atoms with E-state index in [0.717, 1.165) is 24.4 Å². The first-order valence-electron chi connectivity index (χ1n) is 9.81. The van der Waals surface area contributed by atoms with Crippen molar-refractivity contribution in [1.82, 2.24) is 10.3 Å². The van der Waals surface area contributed by atoms with E-state index in [1.807, 2.05) is 6.07 Å². The number of nitrogens with one attached hydrogen (secondary N) is 1. The summed E-state index contributed by atoms with van der Waals surface area (Å²) in [6.07, 6.45) is 0.395. The van der Waals surface area contributed by atoms with Crippen LogP contribution in [0.3, 0.4) is 0 Å². The predicted molar refractivity (Wildman–Crippen MR) is 110 cm³/mol. The number of aromatic nitrogens is 1. The summed E-state index contributed by atoms with van der Waals surface area (Å²) in [4.78, 5) is 29.3. The fraction of sp³-hybridized carbons (Fsp3) is 0.364. The van der Waals surface area contributed by atoms with Gasteiger partial charge in [0.05, 0.1) is 17.2 Å². The molecule has 2 heterocycles. The number of carboxylic acid groups (broad SMARTS) is 1. The predicted octanol–water partition coefficient (Wildman–Crippen LogP) is 3.43. The van der Waals surface area contributed by atoms with Crippen LogP contribution in [-0.4, -0.2) is 46.9 Å². The van der Waals surface area contributed by atoms with Gasteiger partial charge >= 0.3 is 12.1 Å². The number of hydrogen-bond donors (Lipinski definition) is 2. The maximum absolute atomic E-state index is 14.6. The van der Waals surface area contributed by atoms with Crippen molar-refractivity contribution in [2.75, 3.05) is 18.0 Å². The van der Waals surface area contributed by atoms with Crippen LogP contribution >= 0.6 is 0 Å². The van der Waals surface area contributed by atoms with Crippen LogP contribution in [0.5, 0.6) is 0 Å². The summed E-state index contributed by atoms with van der Waals surface area (Å²) in [5, 5.41) is 21.3. The number of rotatable bonds is 4. The third-order valence-electron chi connectivity index (χ3n) is 4.91. The van der Waals surface area contributed by atoms with E-state index in [0.29, 0.717) is 0 Å². The molecule has 3 rings (SSSR count). The molecule has 2 atom stereocenters. The van der Waals surface area contributed by atoms with Gasteiger partial charge in [0.15, 0.2) is 0 Å². The second-order valence-corrected chi connectivity index (χ2v) is 8.44. The van der Waals surface area contributed by atoms with E-state index < -0.39 is 41.3 Å². The highest BCUT2D eigenvalue weighted by molar-refractivity contribution is 5.88. The minimum atomic E-state index is -1.23. The molecule has 8 nitrogen and oxygen atoms in total. The molecule has 1 saturated heterocycles. The van der Waals surface area contributed by atoms with Crippen molar-refractivity contribution in [3.05, 3.63) is 58.8 Å². The summed E-state index contributed by atoms with van der Waals surface area (Å²) in [5.41, 5.74) is -0.833. The summed E-state index contributed by atoms with van der Waals surface area (Å²) in [6, 6.07) is 5.50. The van der Waals surface area contributed by atoms with Gasteiger partial charge in [0.2, 0.25) is 0 Å². The number of ether oxygens (including phenoxy) is 1. The van der Waals surface area contributed by atoms with Crippen molar-refractivity contribution in [2.45, 2.75) is 38.3 Å². The Bertz CT molecular complexity index is 1090. The van der Waals surface area contributed by atoms with Crippen LogP contribution in [0.15, 0.2) is 30.5 Å². The average molecular weight is 444 g/mol. The van der Waals surface area contributed by atoms with Crippen LogP contribution in [0.25, 0.3) is 0 Å². The number of hydrogen-bond acceptors (Lipinski definition) is 6. The summed E-state index contributed by atoms with van der Waals surface area (Å²) in [6.45, 7) is 5.32. The highest BCUT2D eigenvalue weighted by Gasteiger charge is 2.38. The first-order valence-corrected chi connectivity index (χ1v) is 9.81. The van der Waals surface area contributed by atoms with Crippen LogP contribution in [0, 0.1) is 23.0 Å². The van der Waals surface area contributed by atoms with Crippen LogP contribution in [0.4, 0.5) is 19.4 Å². The molecule has 1 aromatic heterocycles. The van der Waals surface area contributed by atoms with E-state index in [1.54, 1.807) is 25.7 Å². The molecule has 1 aliphatic heterocycles. The Balaban J connectivity index is 1.96. The van der Waals surface area contributed by atoms with E-state index in [1.165, 1.54) is 6.07 Å². The summed E-state index contributed by atoms with van der Waals surface area (Å²) in [7, 11) is 0. The summed E-state index contributed by atoms with van der Waals surface area (Å²) >= 11 is 0. The van der Waals surface area contributed by atoms with E-state index >= 15 is 0 Å². The molecule has 1 amide bonds. The van der Waals surface area contributed by atoms with Crippen LogP contribution in [-0.2, 0) is 4.74 Å². The van der Waals surface area contributed by atoms with E-state index in [9.17, 15) is 23.6 Å². The SMILES string of the molecule is CC(C)(C)OC(=O)N[C@H]1CN(c2ncc(C(=O)O)cc2C#N)C[C@@H]1c1cc(F)ccc1F. The molecular weight excluding hydrogens is 422 g/mol. The van der Waals surface area contributed by atoms with Gasteiger partial charge in [-0.15, -0.1) is 0 Å². The number of nitrogens with zero attached hydrogens (tertiary/aromatic N) is 3. The van der Waals surface area contributed by atoms with Crippen molar-refractivity contribution < 1.29 is 28.2 Å².